The Labute approximate surface area is 122 Å². The van der Waals surface area contributed by atoms with Crippen molar-refractivity contribution in [1.29, 1.82) is 0 Å². The van der Waals surface area contributed by atoms with Gasteiger partial charge >= 0.3 is 0 Å². The predicted molar refractivity (Wildman–Crippen MR) is 80.3 cm³/mol. The lowest BCUT2D eigenvalue weighted by molar-refractivity contribution is -0.119. The first-order valence-corrected chi connectivity index (χ1v) is 7.56. The van der Waals surface area contributed by atoms with Crippen LogP contribution in [0.25, 0.3) is 0 Å². The van der Waals surface area contributed by atoms with E-state index in [-0.39, 0.29) is 5.91 Å². The normalized spacial score (nSPS) is 21.8. The maximum absolute atomic E-state index is 12.0. The third-order valence-corrected chi connectivity index (χ3v) is 4.59. The fraction of sp³-hybridized carbons (Fsp3) is 0.533. The van der Waals surface area contributed by atoms with Crippen LogP contribution in [0, 0.1) is 12.8 Å². The first-order valence-electron chi connectivity index (χ1n) is 6.76. The van der Waals surface area contributed by atoms with Gasteiger partial charge < -0.3 is 10.1 Å². The molecule has 1 aliphatic rings. The van der Waals surface area contributed by atoms with E-state index in [1.54, 1.807) is 0 Å². The van der Waals surface area contributed by atoms with Gasteiger partial charge in [0.25, 0.3) is 0 Å². The number of aryl methyl sites for hydroxylation is 1. The van der Waals surface area contributed by atoms with E-state index in [0.717, 1.165) is 35.2 Å². The Morgan fingerprint density at radius 2 is 2.21 bits per heavy atom. The summed E-state index contributed by atoms with van der Waals surface area (Å²) in [5.74, 6) is 0.561. The third-order valence-electron chi connectivity index (χ3n) is 3.53. The van der Waals surface area contributed by atoms with Gasteiger partial charge in [-0.05, 0) is 60.2 Å². The summed E-state index contributed by atoms with van der Waals surface area (Å²) in [5, 5.41) is 2.97. The van der Waals surface area contributed by atoms with Crippen molar-refractivity contribution in [1.82, 2.24) is 0 Å². The van der Waals surface area contributed by atoms with Crippen LogP contribution in [0.4, 0.5) is 5.69 Å². The highest BCUT2D eigenvalue weighted by atomic mass is 79.9. The molecule has 1 fully saturated rings. The Morgan fingerprint density at radius 1 is 1.47 bits per heavy atom. The molecule has 0 unspecified atom stereocenters. The summed E-state index contributed by atoms with van der Waals surface area (Å²) in [6.07, 6.45) is 2.98. The van der Waals surface area contributed by atoms with Crippen LogP contribution in [0.1, 0.15) is 31.7 Å². The molecule has 3 nitrogen and oxygen atoms in total. The quantitative estimate of drug-likeness (QED) is 0.891. The average Bonchev–Trinajstić information content (AvgIpc) is 2.32. The van der Waals surface area contributed by atoms with Crippen LogP contribution < -0.4 is 5.32 Å². The third kappa shape index (κ3) is 3.80. The monoisotopic (exact) mass is 325 g/mol. The summed E-state index contributed by atoms with van der Waals surface area (Å²) in [6, 6.07) is 5.88. The van der Waals surface area contributed by atoms with E-state index in [1.165, 1.54) is 0 Å². The van der Waals surface area contributed by atoms with Crippen LogP contribution >= 0.6 is 15.9 Å². The first kappa shape index (κ1) is 14.5. The molecule has 1 aromatic rings. The lowest BCUT2D eigenvalue weighted by Crippen LogP contribution is -2.33. The minimum Gasteiger partial charge on any atom is -0.378 e. The van der Waals surface area contributed by atoms with Crippen molar-refractivity contribution in [2.45, 2.75) is 39.2 Å². The molecule has 0 aromatic heterocycles. The molecule has 104 valence electrons. The molecule has 1 aromatic carbocycles. The number of hydrogen-bond donors (Lipinski definition) is 1. The summed E-state index contributed by atoms with van der Waals surface area (Å²) < 4.78 is 6.47. The molecule has 0 aliphatic heterocycles. The molecule has 0 heterocycles. The van der Waals surface area contributed by atoms with Gasteiger partial charge in [0.15, 0.2) is 0 Å². The number of carbonyl (C=O) groups excluding carboxylic acids is 1. The molecule has 19 heavy (non-hydrogen) atoms. The molecule has 0 spiro atoms. The number of halogens is 1. The number of carbonyl (C=O) groups is 1. The number of nitrogens with one attached hydrogen (secondary N) is 1. The minimum atomic E-state index is 0.0891. The van der Waals surface area contributed by atoms with Gasteiger partial charge in [-0.1, -0.05) is 12.1 Å². The average molecular weight is 326 g/mol. The molecule has 0 bridgehead atoms. The van der Waals surface area contributed by atoms with Crippen LogP contribution in [0.15, 0.2) is 22.7 Å². The fourth-order valence-electron chi connectivity index (χ4n) is 2.42. The molecule has 1 N–H and O–H groups in total. The van der Waals surface area contributed by atoms with Crippen molar-refractivity contribution in [2.75, 3.05) is 11.9 Å². The van der Waals surface area contributed by atoms with E-state index in [9.17, 15) is 4.79 Å². The van der Waals surface area contributed by atoms with Crippen molar-refractivity contribution in [3.63, 3.8) is 0 Å². The maximum atomic E-state index is 12.0. The summed E-state index contributed by atoms with van der Waals surface area (Å²) in [6.45, 7) is 4.79. The van der Waals surface area contributed by atoms with Crippen molar-refractivity contribution in [3.05, 3.63) is 28.2 Å². The van der Waals surface area contributed by atoms with Crippen LogP contribution in [0.2, 0.25) is 0 Å². The molecule has 1 saturated carbocycles. The zero-order valence-electron chi connectivity index (χ0n) is 11.4. The van der Waals surface area contributed by atoms with Gasteiger partial charge in [-0.25, -0.2) is 0 Å². The molecule has 2 rings (SSSR count). The van der Waals surface area contributed by atoms with Crippen molar-refractivity contribution >= 4 is 27.5 Å². The number of hydrogen-bond acceptors (Lipinski definition) is 2. The van der Waals surface area contributed by atoms with Crippen LogP contribution in [0.5, 0.6) is 0 Å². The van der Waals surface area contributed by atoms with Crippen molar-refractivity contribution in [2.24, 2.45) is 5.92 Å². The second-order valence-electron chi connectivity index (χ2n) is 5.10. The van der Waals surface area contributed by atoms with Crippen molar-refractivity contribution in [3.8, 4) is 0 Å². The van der Waals surface area contributed by atoms with E-state index in [4.69, 9.17) is 4.74 Å². The number of benzene rings is 1. The summed E-state index contributed by atoms with van der Waals surface area (Å²) in [7, 11) is 0. The van der Waals surface area contributed by atoms with E-state index in [0.29, 0.717) is 18.4 Å². The van der Waals surface area contributed by atoms with Gasteiger partial charge in [0.05, 0.1) is 11.8 Å². The predicted octanol–water partition coefficient (Wildman–Crippen LogP) is 3.90. The Morgan fingerprint density at radius 3 is 2.89 bits per heavy atom. The summed E-state index contributed by atoms with van der Waals surface area (Å²) >= 11 is 3.50. The van der Waals surface area contributed by atoms with E-state index >= 15 is 0 Å². The molecule has 4 heteroatoms. The lowest BCUT2D eigenvalue weighted by Gasteiger charge is -2.34. The van der Waals surface area contributed by atoms with Gasteiger partial charge in [0.1, 0.15) is 0 Å². The Hall–Kier alpha value is -0.870. The molecule has 1 aliphatic carbocycles. The topological polar surface area (TPSA) is 38.3 Å². The van der Waals surface area contributed by atoms with Gasteiger partial charge in [-0.2, -0.15) is 0 Å². The number of anilines is 1. The van der Waals surface area contributed by atoms with Crippen LogP contribution in [0.3, 0.4) is 0 Å². The number of rotatable bonds is 5. The van der Waals surface area contributed by atoms with Gasteiger partial charge in [-0.15, -0.1) is 0 Å². The highest BCUT2D eigenvalue weighted by Crippen LogP contribution is 2.33. The van der Waals surface area contributed by atoms with E-state index in [1.807, 2.05) is 32.0 Å². The lowest BCUT2D eigenvalue weighted by atomic mass is 9.80. The molecular formula is C15H20BrNO2. The second kappa shape index (κ2) is 6.53. The Bertz CT molecular complexity index is 455. The maximum Gasteiger partial charge on any atom is 0.224 e. The second-order valence-corrected chi connectivity index (χ2v) is 5.90. The molecule has 0 radical (unpaired) electrons. The smallest absolute Gasteiger partial charge is 0.224 e. The van der Waals surface area contributed by atoms with Crippen LogP contribution in [-0.2, 0) is 9.53 Å². The number of ether oxygens (including phenoxy) is 1. The first-order chi connectivity index (χ1) is 9.10. The molecule has 0 saturated heterocycles. The van der Waals surface area contributed by atoms with E-state index < -0.39 is 0 Å². The minimum absolute atomic E-state index is 0.0891. The zero-order valence-corrected chi connectivity index (χ0v) is 13.0. The zero-order chi connectivity index (χ0) is 13.8. The standard InChI is InChI=1S/C15H20BrNO2/c1-3-19-12-7-11(8-12)9-14(18)17-13-6-4-5-10(2)15(13)16/h4-6,11-12H,3,7-9H2,1-2H3,(H,17,18). The van der Waals surface area contributed by atoms with Gasteiger partial charge in [0.2, 0.25) is 5.91 Å². The number of amides is 1. The molecule has 1 amide bonds. The highest BCUT2D eigenvalue weighted by Gasteiger charge is 2.31. The summed E-state index contributed by atoms with van der Waals surface area (Å²) in [4.78, 5) is 12.0. The Kier molecular flexibility index (Phi) is 4.99. The fourth-order valence-corrected chi connectivity index (χ4v) is 2.78. The Balaban J connectivity index is 1.81. The van der Waals surface area contributed by atoms with Crippen molar-refractivity contribution < 1.29 is 9.53 Å². The summed E-state index contributed by atoms with van der Waals surface area (Å²) in [5.41, 5.74) is 1.98. The molecule has 0 atom stereocenters. The molecular weight excluding hydrogens is 306 g/mol. The van der Waals surface area contributed by atoms with Gasteiger partial charge in [-0.3, -0.25) is 4.79 Å². The van der Waals surface area contributed by atoms with E-state index in [2.05, 4.69) is 21.2 Å². The SMILES string of the molecule is CCOC1CC(CC(=O)Nc2cccc(C)c2Br)C1. The van der Waals surface area contributed by atoms with Crippen LogP contribution in [-0.4, -0.2) is 18.6 Å². The highest BCUT2D eigenvalue weighted by molar-refractivity contribution is 9.10. The van der Waals surface area contributed by atoms with Gasteiger partial charge in [0, 0.05) is 17.5 Å². The largest absolute Gasteiger partial charge is 0.378 e.